The van der Waals surface area contributed by atoms with E-state index in [1.807, 2.05) is 0 Å². The van der Waals surface area contributed by atoms with E-state index < -0.39 is 0 Å². The summed E-state index contributed by atoms with van der Waals surface area (Å²) in [5.74, 6) is 0. The van der Waals surface area contributed by atoms with E-state index in [0.29, 0.717) is 6.61 Å². The van der Waals surface area contributed by atoms with Crippen LogP contribution >= 0.6 is 0 Å². The Kier molecular flexibility index (Phi) is 267. The maximum atomic E-state index is 8.42. The van der Waals surface area contributed by atoms with E-state index in [9.17, 15) is 0 Å². The van der Waals surface area contributed by atoms with Gasteiger partial charge in [0.1, 0.15) is 0 Å². The van der Waals surface area contributed by atoms with Gasteiger partial charge < -0.3 is 5.11 Å². The summed E-state index contributed by atoms with van der Waals surface area (Å²) in [6.07, 6.45) is 85.0. The van der Waals surface area contributed by atoms with E-state index in [4.69, 9.17) is 5.11 Å². The molecule has 93 heavy (non-hydrogen) atoms. The summed E-state index contributed by atoms with van der Waals surface area (Å²) in [5, 5.41) is 8.42. The van der Waals surface area contributed by atoms with Gasteiger partial charge in [-0.2, -0.15) is 0 Å². The fourth-order valence-electron chi connectivity index (χ4n) is 7.89. The first-order valence-corrected chi connectivity index (χ1v) is 44.8. The molecule has 0 radical (unpaired) electrons. The Hall–Kier alpha value is -0.0400. The van der Waals surface area contributed by atoms with Crippen molar-refractivity contribution in [2.75, 3.05) is 6.61 Å². The molecular formula is C92H214O. The van der Waals surface area contributed by atoms with Gasteiger partial charge in [-0.05, 0) is 6.42 Å². The fourth-order valence-corrected chi connectivity index (χ4v) is 7.89. The zero-order chi connectivity index (χ0) is 74.5. The summed E-state index contributed by atoms with van der Waals surface area (Å²) in [6, 6.07) is 0. The number of rotatable bonds is 48. The quantitative estimate of drug-likeness (QED) is 0.0602. The first kappa shape index (κ1) is 129. The molecule has 1 N–H and O–H groups in total. The van der Waals surface area contributed by atoms with Crippen molar-refractivity contribution in [3.63, 3.8) is 0 Å². The highest BCUT2D eigenvalue weighted by molar-refractivity contribution is 4.42. The molecule has 0 spiro atoms. The van der Waals surface area contributed by atoms with Gasteiger partial charge in [0, 0.05) is 6.61 Å². The third kappa shape index (κ3) is 324. The fraction of sp³-hybridized carbons (Fsp3) is 1.00. The number of hydrogen-bond acceptors (Lipinski definition) is 1. The van der Waals surface area contributed by atoms with Crippen molar-refractivity contribution in [1.82, 2.24) is 0 Å². The maximum Gasteiger partial charge on any atom is 0.0431 e. The van der Waals surface area contributed by atoms with Crippen LogP contribution in [0.1, 0.15) is 599 Å². The van der Waals surface area contributed by atoms with Crippen LogP contribution in [-0.2, 0) is 0 Å². The summed E-state index contributed by atoms with van der Waals surface area (Å²) in [6.45, 7) is 65.1. The minimum Gasteiger partial charge on any atom is -0.396 e. The smallest absolute Gasteiger partial charge is 0.0431 e. The van der Waals surface area contributed by atoms with E-state index in [1.54, 1.807) is 0 Å². The molecule has 1 nitrogen and oxygen atoms in total. The highest BCUT2D eigenvalue weighted by Gasteiger charge is 1.87. The normalized spacial score (nSPS) is 9.10. The van der Waals surface area contributed by atoms with Crippen LogP contribution in [0, 0.1) is 0 Å². The third-order valence-corrected chi connectivity index (χ3v) is 14.9. The second-order valence-corrected chi connectivity index (χ2v) is 26.4. The largest absolute Gasteiger partial charge is 0.396 e. The first-order valence-electron chi connectivity index (χ1n) is 44.8. The lowest BCUT2D eigenvalue weighted by molar-refractivity contribution is 0.282. The summed E-state index contributed by atoms with van der Waals surface area (Å²) >= 11 is 0. The first-order chi connectivity index (χ1) is 45.2. The van der Waals surface area contributed by atoms with Gasteiger partial charge in [-0.25, -0.2) is 0 Å². The second kappa shape index (κ2) is 192. The van der Waals surface area contributed by atoms with Crippen LogP contribution in [0.4, 0.5) is 0 Å². The lowest BCUT2D eigenvalue weighted by atomic mass is 10.1. The molecule has 1 heteroatoms. The Morgan fingerprint density at radius 3 is 0.204 bits per heavy atom. The second-order valence-electron chi connectivity index (χ2n) is 26.4. The molecule has 0 aromatic rings. The maximum absolute atomic E-state index is 8.42. The zero-order valence-corrected chi connectivity index (χ0v) is 74.0. The van der Waals surface area contributed by atoms with Gasteiger partial charge in [0.25, 0.3) is 0 Å². The molecule has 0 aliphatic heterocycles. The van der Waals surface area contributed by atoms with Gasteiger partial charge in [-0.3, -0.25) is 0 Å². The average molecular weight is 1340 g/mol. The summed E-state index contributed by atoms with van der Waals surface area (Å²) < 4.78 is 0. The Bertz CT molecular complexity index is 486. The summed E-state index contributed by atoms with van der Waals surface area (Å²) in [4.78, 5) is 0. The van der Waals surface area contributed by atoms with Crippen molar-refractivity contribution in [3.05, 3.63) is 0 Å². The van der Waals surface area contributed by atoms with Crippen LogP contribution in [0.3, 0.4) is 0 Å². The topological polar surface area (TPSA) is 20.2 Å². The highest BCUT2D eigenvalue weighted by Crippen LogP contribution is 2.05. The molecule has 0 aliphatic rings. The highest BCUT2D eigenvalue weighted by atomic mass is 16.2. The van der Waals surface area contributed by atoms with Gasteiger partial charge in [0.05, 0.1) is 0 Å². The molecule has 588 valence electrons. The number of hydrogen-bond donors (Lipinski definition) is 1. The Balaban J connectivity index is -0.0000000540. The minimum absolute atomic E-state index is 0.367. The minimum atomic E-state index is 0.367. The molecule has 0 saturated carbocycles. The predicted octanol–water partition coefficient (Wildman–Crippen LogP) is 38.6. The predicted molar refractivity (Wildman–Crippen MR) is 458 cm³/mol. The van der Waals surface area contributed by atoms with Crippen molar-refractivity contribution < 1.29 is 5.11 Å². The van der Waals surface area contributed by atoms with Crippen molar-refractivity contribution >= 4 is 0 Å². The number of unbranched alkanes of at least 4 members (excludes halogenated alkanes) is 47. The van der Waals surface area contributed by atoms with E-state index in [0.717, 1.165) is 6.42 Å². The van der Waals surface area contributed by atoms with E-state index >= 15 is 0 Å². The lowest BCUT2D eigenvalue weighted by Gasteiger charge is -1.95. The van der Waals surface area contributed by atoms with Crippen molar-refractivity contribution in [2.45, 2.75) is 599 Å². The van der Waals surface area contributed by atoms with Crippen LogP contribution < -0.4 is 0 Å². The van der Waals surface area contributed by atoms with Crippen LogP contribution in [0.2, 0.25) is 0 Å². The van der Waals surface area contributed by atoms with Crippen LogP contribution in [0.25, 0.3) is 0 Å². The lowest BCUT2D eigenvalue weighted by Crippen LogP contribution is -1.82. The zero-order valence-electron chi connectivity index (χ0n) is 74.0. The molecule has 0 aliphatic carbocycles. The standard InChI is InChI=1S/C8H18O.14C6H14/c1-2-3-4-5-6-7-8-9;14*1-3-5-6-4-2/h9H,2-8H2,1H3;14*3-6H2,1-2H3. The van der Waals surface area contributed by atoms with Gasteiger partial charge in [-0.15, -0.1) is 0 Å². The monoisotopic (exact) mass is 1340 g/mol. The molecule has 0 bridgehead atoms. The molecule has 0 heterocycles. The van der Waals surface area contributed by atoms with Crippen molar-refractivity contribution in [1.29, 1.82) is 0 Å². The number of aliphatic hydroxyl groups is 1. The molecule has 0 fully saturated rings. The van der Waals surface area contributed by atoms with Crippen LogP contribution in [-0.4, -0.2) is 11.7 Å². The molecule has 0 saturated heterocycles. The Morgan fingerprint density at radius 2 is 0.140 bits per heavy atom. The Labute approximate surface area is 607 Å². The van der Waals surface area contributed by atoms with Crippen molar-refractivity contribution in [3.8, 4) is 0 Å². The summed E-state index contributed by atoms with van der Waals surface area (Å²) in [5.41, 5.74) is 0. The Morgan fingerprint density at radius 1 is 0.0860 bits per heavy atom. The molecule has 0 atom stereocenters. The van der Waals surface area contributed by atoms with E-state index in [1.165, 1.54) is 392 Å². The summed E-state index contributed by atoms with van der Waals surface area (Å²) in [7, 11) is 0. The third-order valence-electron chi connectivity index (χ3n) is 14.9. The van der Waals surface area contributed by atoms with E-state index in [-0.39, 0.29) is 0 Å². The molecular weight excluding hydrogens is 1120 g/mol. The van der Waals surface area contributed by atoms with Gasteiger partial charge in [0.2, 0.25) is 0 Å². The van der Waals surface area contributed by atoms with Crippen molar-refractivity contribution in [2.24, 2.45) is 0 Å². The molecule has 0 rings (SSSR count). The molecule has 0 aromatic heterocycles. The molecule has 0 unspecified atom stereocenters. The van der Waals surface area contributed by atoms with E-state index in [2.05, 4.69) is 201 Å². The average Bonchev–Trinajstić information content (AvgIpc) is 3.60. The van der Waals surface area contributed by atoms with Crippen LogP contribution in [0.5, 0.6) is 0 Å². The van der Waals surface area contributed by atoms with Gasteiger partial charge in [-0.1, -0.05) is 592 Å². The molecule has 0 amide bonds. The number of aliphatic hydroxyl groups excluding tert-OH is 1. The molecule has 0 aromatic carbocycles. The van der Waals surface area contributed by atoms with Gasteiger partial charge in [0.15, 0.2) is 0 Å². The SMILES string of the molecule is CCCCCC.CCCCCC.CCCCCC.CCCCCC.CCCCCC.CCCCCC.CCCCCC.CCCCCC.CCCCCC.CCCCCC.CCCCCC.CCCCCC.CCCCCC.CCCCCC.CCCCCCCCO. The van der Waals surface area contributed by atoms with Crippen LogP contribution in [0.15, 0.2) is 0 Å². The van der Waals surface area contributed by atoms with Gasteiger partial charge >= 0.3 is 0 Å².